The van der Waals surface area contributed by atoms with Gasteiger partial charge in [-0.2, -0.15) is 0 Å². The second-order valence-corrected chi connectivity index (χ2v) is 8.61. The molecule has 1 aliphatic heterocycles. The lowest BCUT2D eigenvalue weighted by Crippen LogP contribution is -2.39. The van der Waals surface area contributed by atoms with Gasteiger partial charge in [0.25, 0.3) is 5.56 Å². The van der Waals surface area contributed by atoms with Crippen LogP contribution >= 0.6 is 0 Å². The Labute approximate surface area is 191 Å². The summed E-state index contributed by atoms with van der Waals surface area (Å²) in [5.41, 5.74) is 3.74. The number of hydrogen-bond acceptors (Lipinski definition) is 5. The molecule has 1 aliphatic rings. The number of aromatic amines is 1. The Morgan fingerprint density at radius 2 is 1.79 bits per heavy atom. The van der Waals surface area contributed by atoms with Crippen molar-refractivity contribution >= 4 is 17.1 Å². The van der Waals surface area contributed by atoms with Crippen LogP contribution < -0.4 is 5.56 Å². The van der Waals surface area contributed by atoms with Gasteiger partial charge in [0, 0.05) is 19.0 Å². The molecule has 2 aromatic heterocycles. The molecule has 2 aromatic carbocycles. The van der Waals surface area contributed by atoms with Gasteiger partial charge in [-0.3, -0.25) is 9.59 Å². The van der Waals surface area contributed by atoms with Crippen molar-refractivity contribution in [2.45, 2.75) is 38.6 Å². The Hall–Kier alpha value is -3.81. The molecule has 8 heteroatoms. The molecule has 5 rings (SSSR count). The molecule has 0 unspecified atom stereocenters. The number of H-pyrrole nitrogens is 1. The topological polar surface area (TPSA) is 96.8 Å². The predicted octanol–water partition coefficient (Wildman–Crippen LogP) is 2.82. The number of aryl methyl sites for hydroxylation is 1. The smallest absolute Gasteiger partial charge is 0.281 e. The quantitative estimate of drug-likeness (QED) is 0.513. The average molecular weight is 443 g/mol. The summed E-state index contributed by atoms with van der Waals surface area (Å²) in [7, 11) is 0. The molecular weight excluding hydrogens is 416 g/mol. The number of fused-ring (bicyclic) bond motifs is 1. The third-order valence-corrected chi connectivity index (χ3v) is 6.40. The van der Waals surface area contributed by atoms with Crippen molar-refractivity contribution in [1.82, 2.24) is 29.9 Å². The lowest BCUT2D eigenvalue weighted by molar-refractivity contribution is -0.131. The first-order valence-electron chi connectivity index (χ1n) is 11.3. The minimum Gasteiger partial charge on any atom is -0.342 e. The summed E-state index contributed by atoms with van der Waals surface area (Å²) in [5.74, 6) is 0.879. The van der Waals surface area contributed by atoms with Crippen LogP contribution in [0.1, 0.15) is 41.3 Å². The van der Waals surface area contributed by atoms with E-state index in [9.17, 15) is 9.59 Å². The molecule has 1 saturated heterocycles. The molecule has 1 amide bonds. The van der Waals surface area contributed by atoms with Crippen LogP contribution in [0.25, 0.3) is 11.2 Å². The van der Waals surface area contributed by atoms with E-state index in [2.05, 4.69) is 15.3 Å². The van der Waals surface area contributed by atoms with Crippen LogP contribution in [0.4, 0.5) is 0 Å². The molecule has 0 spiro atoms. The van der Waals surface area contributed by atoms with Crippen LogP contribution in [0.15, 0.2) is 59.4 Å². The SMILES string of the molecule is Cc1ccccc1CC(=O)N1CCC(c2nc3c(nnn3Cc3ccccc3)c(=O)[nH]2)CC1. The van der Waals surface area contributed by atoms with Crippen molar-refractivity contribution in [1.29, 1.82) is 0 Å². The maximum atomic E-state index is 12.8. The van der Waals surface area contributed by atoms with Crippen molar-refractivity contribution < 1.29 is 4.79 Å². The van der Waals surface area contributed by atoms with Gasteiger partial charge in [-0.05, 0) is 36.5 Å². The predicted molar refractivity (Wildman–Crippen MR) is 125 cm³/mol. The average Bonchev–Trinajstić information content (AvgIpc) is 3.24. The Morgan fingerprint density at radius 3 is 2.55 bits per heavy atom. The summed E-state index contributed by atoms with van der Waals surface area (Å²) in [5, 5.41) is 8.19. The molecule has 0 atom stereocenters. The molecular formula is C25H26N6O2. The summed E-state index contributed by atoms with van der Waals surface area (Å²) in [6.45, 7) is 3.83. The molecule has 0 radical (unpaired) electrons. The number of amides is 1. The first-order valence-corrected chi connectivity index (χ1v) is 11.3. The Morgan fingerprint density at radius 1 is 1.06 bits per heavy atom. The van der Waals surface area contributed by atoms with Crippen LogP contribution in [0.2, 0.25) is 0 Å². The zero-order valence-electron chi connectivity index (χ0n) is 18.6. The van der Waals surface area contributed by atoms with E-state index < -0.39 is 0 Å². The monoisotopic (exact) mass is 442 g/mol. The lowest BCUT2D eigenvalue weighted by atomic mass is 9.95. The van der Waals surface area contributed by atoms with Gasteiger partial charge in [-0.1, -0.05) is 59.8 Å². The van der Waals surface area contributed by atoms with Gasteiger partial charge in [0.2, 0.25) is 5.91 Å². The Bertz CT molecular complexity index is 1340. The number of carbonyl (C=O) groups excluding carboxylic acids is 1. The summed E-state index contributed by atoms with van der Waals surface area (Å²) in [6, 6.07) is 17.9. The summed E-state index contributed by atoms with van der Waals surface area (Å²) in [6.07, 6.45) is 1.94. The molecule has 3 heterocycles. The molecule has 4 aromatic rings. The van der Waals surface area contributed by atoms with E-state index in [0.29, 0.717) is 37.5 Å². The highest BCUT2D eigenvalue weighted by atomic mass is 16.2. The number of nitrogens with zero attached hydrogens (tertiary/aromatic N) is 5. The summed E-state index contributed by atoms with van der Waals surface area (Å²) < 4.78 is 1.67. The number of nitrogens with one attached hydrogen (secondary N) is 1. The number of aromatic nitrogens is 5. The van der Waals surface area contributed by atoms with E-state index in [0.717, 1.165) is 29.5 Å². The van der Waals surface area contributed by atoms with Gasteiger partial charge < -0.3 is 9.88 Å². The molecule has 8 nitrogen and oxygen atoms in total. The van der Waals surface area contributed by atoms with Crippen LogP contribution in [0.5, 0.6) is 0 Å². The van der Waals surface area contributed by atoms with E-state index in [1.165, 1.54) is 0 Å². The minimum atomic E-state index is -0.271. The second kappa shape index (κ2) is 8.97. The second-order valence-electron chi connectivity index (χ2n) is 8.61. The number of benzene rings is 2. The lowest BCUT2D eigenvalue weighted by Gasteiger charge is -2.31. The molecule has 0 aliphatic carbocycles. The number of likely N-dealkylation sites (tertiary alicyclic amines) is 1. The zero-order valence-corrected chi connectivity index (χ0v) is 18.6. The largest absolute Gasteiger partial charge is 0.342 e. The highest BCUT2D eigenvalue weighted by Crippen LogP contribution is 2.26. The van der Waals surface area contributed by atoms with Gasteiger partial charge in [0.05, 0.1) is 13.0 Å². The fourth-order valence-electron chi connectivity index (χ4n) is 4.42. The minimum absolute atomic E-state index is 0.0877. The Kier molecular flexibility index (Phi) is 5.73. The molecule has 1 N–H and O–H groups in total. The van der Waals surface area contributed by atoms with E-state index >= 15 is 0 Å². The molecule has 168 valence electrons. The summed E-state index contributed by atoms with van der Waals surface area (Å²) >= 11 is 0. The van der Waals surface area contributed by atoms with E-state index in [1.54, 1.807) is 4.68 Å². The fraction of sp³-hybridized carbons (Fsp3) is 0.320. The highest BCUT2D eigenvalue weighted by Gasteiger charge is 2.26. The summed E-state index contributed by atoms with van der Waals surface area (Å²) in [4.78, 5) is 35.0. The van der Waals surface area contributed by atoms with Gasteiger partial charge in [0.15, 0.2) is 11.2 Å². The van der Waals surface area contributed by atoms with Gasteiger partial charge >= 0.3 is 0 Å². The van der Waals surface area contributed by atoms with E-state index in [4.69, 9.17) is 4.98 Å². The fourth-order valence-corrected chi connectivity index (χ4v) is 4.42. The van der Waals surface area contributed by atoms with Crippen LogP contribution in [-0.2, 0) is 17.8 Å². The number of hydrogen-bond donors (Lipinski definition) is 1. The van der Waals surface area contributed by atoms with Crippen LogP contribution in [0.3, 0.4) is 0 Å². The van der Waals surface area contributed by atoms with Crippen LogP contribution in [0, 0.1) is 6.92 Å². The van der Waals surface area contributed by atoms with Gasteiger partial charge in [-0.25, -0.2) is 9.67 Å². The maximum Gasteiger partial charge on any atom is 0.281 e. The maximum absolute atomic E-state index is 12.8. The number of carbonyl (C=O) groups is 1. The molecule has 33 heavy (non-hydrogen) atoms. The third-order valence-electron chi connectivity index (χ3n) is 6.40. The third kappa shape index (κ3) is 4.41. The van der Waals surface area contributed by atoms with E-state index in [1.807, 2.05) is 66.4 Å². The molecule has 0 bridgehead atoms. The molecule has 0 saturated carbocycles. The van der Waals surface area contributed by atoms with Crippen molar-refractivity contribution in [2.75, 3.05) is 13.1 Å². The van der Waals surface area contributed by atoms with Gasteiger partial charge in [0.1, 0.15) is 5.82 Å². The first-order chi connectivity index (χ1) is 16.1. The number of piperidine rings is 1. The normalized spacial score (nSPS) is 14.6. The van der Waals surface area contributed by atoms with E-state index in [-0.39, 0.29) is 22.9 Å². The van der Waals surface area contributed by atoms with Crippen molar-refractivity contribution in [3.8, 4) is 0 Å². The van der Waals surface area contributed by atoms with Crippen molar-refractivity contribution in [3.63, 3.8) is 0 Å². The zero-order chi connectivity index (χ0) is 22.8. The first kappa shape index (κ1) is 21.1. The standard InChI is InChI=1S/C25H26N6O2/c1-17-7-5-6-10-20(17)15-21(32)30-13-11-19(12-14-30)23-26-24-22(25(33)27-23)28-29-31(24)16-18-8-3-2-4-9-18/h2-10,19H,11-16H2,1H3,(H,26,27,33). The molecule has 1 fully saturated rings. The highest BCUT2D eigenvalue weighted by molar-refractivity contribution is 5.79. The number of rotatable bonds is 5. The Balaban J connectivity index is 1.30. The van der Waals surface area contributed by atoms with Crippen molar-refractivity contribution in [3.05, 3.63) is 87.5 Å². The van der Waals surface area contributed by atoms with Crippen LogP contribution in [-0.4, -0.2) is 48.9 Å². The van der Waals surface area contributed by atoms with Crippen molar-refractivity contribution in [2.24, 2.45) is 0 Å². The van der Waals surface area contributed by atoms with Gasteiger partial charge in [-0.15, -0.1) is 5.10 Å².